The third-order valence-electron chi connectivity index (χ3n) is 2.39. The minimum atomic E-state index is 0.103. The molecule has 16 heavy (non-hydrogen) atoms. The number of aliphatic hydroxyl groups is 1. The second-order valence-electron chi connectivity index (χ2n) is 3.59. The van der Waals surface area contributed by atoms with E-state index in [0.717, 1.165) is 18.7 Å². The van der Waals surface area contributed by atoms with Crippen LogP contribution in [0.2, 0.25) is 0 Å². The Hall–Kier alpha value is -1.73. The molecular weight excluding hydrogens is 202 g/mol. The maximum atomic E-state index is 8.97. The maximum Gasteiger partial charge on any atom is 0.101 e. The van der Waals surface area contributed by atoms with Crippen molar-refractivity contribution >= 4 is 11.4 Å². The van der Waals surface area contributed by atoms with Gasteiger partial charge < -0.3 is 15.7 Å². The van der Waals surface area contributed by atoms with Crippen molar-refractivity contribution in [3.05, 3.63) is 23.8 Å². The molecule has 0 aliphatic carbocycles. The topological polar surface area (TPSA) is 73.3 Å². The van der Waals surface area contributed by atoms with Gasteiger partial charge in [-0.1, -0.05) is 6.92 Å². The van der Waals surface area contributed by atoms with Crippen molar-refractivity contribution in [2.24, 2.45) is 0 Å². The molecule has 0 aromatic heterocycles. The van der Waals surface area contributed by atoms with Gasteiger partial charge in [0.2, 0.25) is 0 Å². The Morgan fingerprint density at radius 1 is 1.44 bits per heavy atom. The van der Waals surface area contributed by atoms with Crippen molar-refractivity contribution in [1.29, 1.82) is 5.26 Å². The monoisotopic (exact) mass is 219 g/mol. The van der Waals surface area contributed by atoms with Gasteiger partial charge in [0.1, 0.15) is 6.07 Å². The molecule has 0 radical (unpaired) electrons. The highest BCUT2D eigenvalue weighted by molar-refractivity contribution is 5.62. The number of nitrogens with two attached hydrogens (primary N) is 1. The van der Waals surface area contributed by atoms with Crippen LogP contribution in [-0.4, -0.2) is 24.8 Å². The number of rotatable bonds is 5. The number of hydrogen-bond donors (Lipinski definition) is 2. The minimum absolute atomic E-state index is 0.103. The number of nitrogens with zero attached hydrogens (tertiary/aromatic N) is 2. The fraction of sp³-hybridized carbons (Fsp3) is 0.417. The molecule has 86 valence electrons. The van der Waals surface area contributed by atoms with Crippen molar-refractivity contribution < 1.29 is 5.11 Å². The smallest absolute Gasteiger partial charge is 0.101 e. The molecule has 0 saturated carbocycles. The molecule has 0 spiro atoms. The average molecular weight is 219 g/mol. The molecule has 0 unspecified atom stereocenters. The molecule has 0 atom stereocenters. The van der Waals surface area contributed by atoms with E-state index in [-0.39, 0.29) is 6.61 Å². The lowest BCUT2D eigenvalue weighted by atomic mass is 10.1. The molecule has 0 aliphatic heterocycles. The summed E-state index contributed by atoms with van der Waals surface area (Å²) in [6.45, 7) is 3.61. The first-order chi connectivity index (χ1) is 7.72. The van der Waals surface area contributed by atoms with E-state index in [9.17, 15) is 0 Å². The van der Waals surface area contributed by atoms with Gasteiger partial charge in [0.15, 0.2) is 0 Å². The lowest BCUT2D eigenvalue weighted by Gasteiger charge is -2.23. The summed E-state index contributed by atoms with van der Waals surface area (Å²) < 4.78 is 0. The highest BCUT2D eigenvalue weighted by Crippen LogP contribution is 2.20. The Morgan fingerprint density at radius 2 is 2.19 bits per heavy atom. The Labute approximate surface area is 95.9 Å². The van der Waals surface area contributed by atoms with Gasteiger partial charge in [0.25, 0.3) is 0 Å². The summed E-state index contributed by atoms with van der Waals surface area (Å²) in [5.74, 6) is 0. The fourth-order valence-corrected chi connectivity index (χ4v) is 1.60. The molecule has 0 amide bonds. The average Bonchev–Trinajstić information content (AvgIpc) is 2.29. The zero-order chi connectivity index (χ0) is 12.0. The first kappa shape index (κ1) is 12.3. The Balaban J connectivity index is 2.96. The van der Waals surface area contributed by atoms with Gasteiger partial charge in [-0.15, -0.1) is 0 Å². The van der Waals surface area contributed by atoms with Gasteiger partial charge in [-0.25, -0.2) is 0 Å². The molecule has 0 heterocycles. The quantitative estimate of drug-likeness (QED) is 0.733. The minimum Gasteiger partial charge on any atom is -0.398 e. The maximum absolute atomic E-state index is 8.97. The van der Waals surface area contributed by atoms with Crippen LogP contribution >= 0.6 is 0 Å². The molecule has 4 nitrogen and oxygen atoms in total. The fourth-order valence-electron chi connectivity index (χ4n) is 1.60. The molecular formula is C12H17N3O. The summed E-state index contributed by atoms with van der Waals surface area (Å²) in [7, 11) is 0. The molecule has 1 aromatic carbocycles. The summed E-state index contributed by atoms with van der Waals surface area (Å²) in [5, 5.41) is 17.9. The number of nitrogen functional groups attached to an aromatic ring is 1. The summed E-state index contributed by atoms with van der Waals surface area (Å²) in [6, 6.07) is 7.43. The van der Waals surface area contributed by atoms with Crippen molar-refractivity contribution in [3.8, 4) is 6.07 Å². The number of anilines is 2. The second kappa shape index (κ2) is 5.99. The van der Waals surface area contributed by atoms with Crippen LogP contribution in [0.1, 0.15) is 18.9 Å². The molecule has 0 fully saturated rings. The lowest BCUT2D eigenvalue weighted by molar-refractivity contribution is 0.302. The van der Waals surface area contributed by atoms with Gasteiger partial charge in [-0.05, 0) is 24.6 Å². The van der Waals surface area contributed by atoms with E-state index in [1.165, 1.54) is 0 Å². The third-order valence-corrected chi connectivity index (χ3v) is 2.39. The first-order valence-corrected chi connectivity index (χ1v) is 5.38. The first-order valence-electron chi connectivity index (χ1n) is 5.38. The second-order valence-corrected chi connectivity index (χ2v) is 3.59. The van der Waals surface area contributed by atoms with Gasteiger partial charge in [-0.2, -0.15) is 5.26 Å². The third kappa shape index (κ3) is 2.88. The number of hydrogen-bond acceptors (Lipinski definition) is 4. The number of nitriles is 1. The molecule has 0 bridgehead atoms. The highest BCUT2D eigenvalue weighted by Gasteiger charge is 2.07. The lowest BCUT2D eigenvalue weighted by Crippen LogP contribution is -2.27. The molecule has 1 rings (SSSR count). The van der Waals surface area contributed by atoms with Crippen molar-refractivity contribution in [1.82, 2.24) is 0 Å². The van der Waals surface area contributed by atoms with Gasteiger partial charge in [-0.3, -0.25) is 0 Å². The largest absolute Gasteiger partial charge is 0.398 e. The van der Waals surface area contributed by atoms with Crippen molar-refractivity contribution in [2.75, 3.05) is 30.3 Å². The van der Waals surface area contributed by atoms with Crippen LogP contribution in [0.3, 0.4) is 0 Å². The molecule has 0 aliphatic rings. The van der Waals surface area contributed by atoms with Crippen molar-refractivity contribution in [3.63, 3.8) is 0 Å². The summed E-state index contributed by atoms with van der Waals surface area (Å²) >= 11 is 0. The molecule has 0 saturated heterocycles. The van der Waals surface area contributed by atoms with Crippen LogP contribution in [0.25, 0.3) is 0 Å². The highest BCUT2D eigenvalue weighted by atomic mass is 16.3. The van der Waals surface area contributed by atoms with Gasteiger partial charge in [0.05, 0.1) is 12.2 Å². The van der Waals surface area contributed by atoms with Crippen LogP contribution in [0.5, 0.6) is 0 Å². The standard InChI is InChI=1S/C12H17N3O/c1-2-5-15(6-7-16)11-3-4-12(14)10(8-11)9-13/h3-4,8,16H,2,5-7,14H2,1H3. The van der Waals surface area contributed by atoms with Crippen LogP contribution < -0.4 is 10.6 Å². The van der Waals surface area contributed by atoms with E-state index in [4.69, 9.17) is 16.1 Å². The summed E-state index contributed by atoms with van der Waals surface area (Å²) in [6.07, 6.45) is 0.992. The number of benzene rings is 1. The van der Waals surface area contributed by atoms with Gasteiger partial charge in [0, 0.05) is 24.5 Å². The van der Waals surface area contributed by atoms with E-state index in [1.54, 1.807) is 12.1 Å². The SMILES string of the molecule is CCCN(CCO)c1ccc(N)c(C#N)c1. The van der Waals surface area contributed by atoms with E-state index in [1.807, 2.05) is 11.0 Å². The molecule has 4 heteroatoms. The predicted molar refractivity (Wildman–Crippen MR) is 65.2 cm³/mol. The van der Waals surface area contributed by atoms with Gasteiger partial charge >= 0.3 is 0 Å². The summed E-state index contributed by atoms with van der Waals surface area (Å²) in [4.78, 5) is 2.04. The Kier molecular flexibility index (Phi) is 4.62. The van der Waals surface area contributed by atoms with Crippen LogP contribution in [0, 0.1) is 11.3 Å². The zero-order valence-electron chi connectivity index (χ0n) is 9.48. The van der Waals surface area contributed by atoms with E-state index in [2.05, 4.69) is 13.0 Å². The van der Waals surface area contributed by atoms with E-state index >= 15 is 0 Å². The van der Waals surface area contributed by atoms with Crippen LogP contribution in [0.15, 0.2) is 18.2 Å². The zero-order valence-corrected chi connectivity index (χ0v) is 9.48. The number of aliphatic hydroxyl groups excluding tert-OH is 1. The van der Waals surface area contributed by atoms with Crippen LogP contribution in [0.4, 0.5) is 11.4 Å². The Morgan fingerprint density at radius 3 is 2.75 bits per heavy atom. The van der Waals surface area contributed by atoms with E-state index in [0.29, 0.717) is 17.8 Å². The summed E-state index contributed by atoms with van der Waals surface area (Å²) in [5.41, 5.74) is 7.56. The normalized spacial score (nSPS) is 9.81. The van der Waals surface area contributed by atoms with Crippen molar-refractivity contribution in [2.45, 2.75) is 13.3 Å². The van der Waals surface area contributed by atoms with E-state index < -0.39 is 0 Å². The Bertz CT molecular complexity index is 378. The molecule has 3 N–H and O–H groups in total. The molecule has 1 aromatic rings. The predicted octanol–water partition coefficient (Wildman–Crippen LogP) is 1.35. The van der Waals surface area contributed by atoms with Crippen LogP contribution in [-0.2, 0) is 0 Å².